The summed E-state index contributed by atoms with van der Waals surface area (Å²) in [5.41, 5.74) is 9.91. The van der Waals surface area contributed by atoms with Crippen LogP contribution in [0.5, 0.6) is 5.88 Å². The number of rotatable bonds is 9. The van der Waals surface area contributed by atoms with Crippen LogP contribution in [0.2, 0.25) is 0 Å². The van der Waals surface area contributed by atoms with Crippen LogP contribution in [0.1, 0.15) is 66.6 Å². The second-order valence-electron chi connectivity index (χ2n) is 11.1. The molecule has 3 N–H and O–H groups in total. The number of hydrogen-bond acceptors (Lipinski definition) is 3. The Kier molecular flexibility index (Phi) is 6.71. The summed E-state index contributed by atoms with van der Waals surface area (Å²) in [6, 6.07) is 29.2. The van der Waals surface area contributed by atoms with Gasteiger partial charge in [-0.25, -0.2) is 0 Å². The van der Waals surface area contributed by atoms with Gasteiger partial charge in [0, 0.05) is 17.3 Å². The predicted molar refractivity (Wildman–Crippen MR) is 153 cm³/mol. The smallest absolute Gasteiger partial charge is 0.254 e. The summed E-state index contributed by atoms with van der Waals surface area (Å²) >= 11 is 0. The normalized spacial score (nSPS) is 22.3. The minimum absolute atomic E-state index is 0.0313. The van der Waals surface area contributed by atoms with E-state index in [0.717, 1.165) is 43.1 Å². The molecule has 6 rings (SSSR count). The molecule has 1 saturated carbocycles. The van der Waals surface area contributed by atoms with Crippen LogP contribution in [0.25, 0.3) is 10.9 Å². The van der Waals surface area contributed by atoms with Gasteiger partial charge in [0.15, 0.2) is 0 Å². The molecule has 1 saturated heterocycles. The van der Waals surface area contributed by atoms with Crippen molar-refractivity contribution in [3.63, 3.8) is 0 Å². The van der Waals surface area contributed by atoms with Crippen LogP contribution in [0.3, 0.4) is 0 Å². The molecule has 2 fully saturated rings. The maximum atomic E-state index is 13.1. The number of nitrogens with one attached hydrogen (secondary N) is 1. The lowest BCUT2D eigenvalue weighted by molar-refractivity contribution is 0.0989. The average molecular weight is 508 g/mol. The number of fused-ring (bicyclic) bond motifs is 3. The Hall–Kier alpha value is -3.57. The van der Waals surface area contributed by atoms with Gasteiger partial charge in [-0.15, -0.1) is 0 Å². The number of aromatic nitrogens is 1. The van der Waals surface area contributed by atoms with Gasteiger partial charge in [-0.1, -0.05) is 92.2 Å². The fourth-order valence-corrected chi connectivity index (χ4v) is 6.96. The lowest BCUT2D eigenvalue weighted by atomic mass is 9.73. The SMILES string of the molecule is CCC(Cc1ccccc1)Oc1c(C(N)=O)c2ccccc2n1C(c1ccccc1)C12CCCC(CN1)C2. The summed E-state index contributed by atoms with van der Waals surface area (Å²) in [6.45, 7) is 3.18. The summed E-state index contributed by atoms with van der Waals surface area (Å²) in [7, 11) is 0. The summed E-state index contributed by atoms with van der Waals surface area (Å²) in [6.07, 6.45) is 6.16. The van der Waals surface area contributed by atoms with Gasteiger partial charge in [0.2, 0.25) is 5.88 Å². The maximum Gasteiger partial charge on any atom is 0.254 e. The van der Waals surface area contributed by atoms with Crippen LogP contribution in [0.15, 0.2) is 84.9 Å². The molecule has 1 aromatic heterocycles. The second-order valence-corrected chi connectivity index (χ2v) is 11.1. The van der Waals surface area contributed by atoms with Crippen LogP contribution in [0.4, 0.5) is 0 Å². The van der Waals surface area contributed by atoms with E-state index in [0.29, 0.717) is 17.4 Å². The molecule has 0 radical (unpaired) electrons. The minimum Gasteiger partial charge on any atom is -0.475 e. The predicted octanol–water partition coefficient (Wildman–Crippen LogP) is 6.26. The van der Waals surface area contributed by atoms with Crippen molar-refractivity contribution in [2.24, 2.45) is 11.7 Å². The molecule has 5 nitrogen and oxygen atoms in total. The Balaban J connectivity index is 1.56. The number of nitrogens with zero attached hydrogens (tertiary/aromatic N) is 1. The number of para-hydroxylation sites is 1. The van der Waals surface area contributed by atoms with Gasteiger partial charge in [0.1, 0.15) is 11.7 Å². The number of hydrogen-bond donors (Lipinski definition) is 2. The van der Waals surface area contributed by atoms with E-state index in [1.54, 1.807) is 0 Å². The molecule has 4 unspecified atom stereocenters. The Labute approximate surface area is 225 Å². The number of benzene rings is 3. The van der Waals surface area contributed by atoms with Gasteiger partial charge >= 0.3 is 0 Å². The van der Waals surface area contributed by atoms with Gasteiger partial charge in [0.05, 0.1) is 11.6 Å². The van der Waals surface area contributed by atoms with Crippen molar-refractivity contribution in [2.75, 3.05) is 6.54 Å². The van der Waals surface area contributed by atoms with E-state index in [9.17, 15) is 4.79 Å². The monoisotopic (exact) mass is 507 g/mol. The highest BCUT2D eigenvalue weighted by atomic mass is 16.5. The summed E-state index contributed by atoms with van der Waals surface area (Å²) < 4.78 is 9.21. The highest BCUT2D eigenvalue weighted by Crippen LogP contribution is 2.50. The van der Waals surface area contributed by atoms with Crippen LogP contribution in [0, 0.1) is 5.92 Å². The molecule has 4 aromatic rings. The number of primary amides is 1. The van der Waals surface area contributed by atoms with E-state index in [1.165, 1.54) is 24.0 Å². The molecule has 2 bridgehead atoms. The van der Waals surface area contributed by atoms with E-state index in [-0.39, 0.29) is 17.7 Å². The van der Waals surface area contributed by atoms with Gasteiger partial charge in [-0.05, 0) is 55.3 Å². The molecule has 5 heteroatoms. The first-order valence-electron chi connectivity index (χ1n) is 14.0. The van der Waals surface area contributed by atoms with Gasteiger partial charge in [-0.3, -0.25) is 4.79 Å². The third-order valence-corrected chi connectivity index (χ3v) is 8.68. The van der Waals surface area contributed by atoms with Crippen LogP contribution in [-0.4, -0.2) is 28.7 Å². The Morgan fingerprint density at radius 2 is 1.76 bits per heavy atom. The maximum absolute atomic E-state index is 13.1. The first-order valence-corrected chi connectivity index (χ1v) is 14.0. The molecule has 2 heterocycles. The number of nitrogens with two attached hydrogens (primary N) is 1. The van der Waals surface area contributed by atoms with Crippen molar-refractivity contribution >= 4 is 16.8 Å². The topological polar surface area (TPSA) is 69.3 Å². The van der Waals surface area contributed by atoms with Gasteiger partial charge < -0.3 is 20.4 Å². The zero-order valence-corrected chi connectivity index (χ0v) is 22.1. The van der Waals surface area contributed by atoms with Crippen molar-refractivity contribution in [1.82, 2.24) is 9.88 Å². The highest BCUT2D eigenvalue weighted by Gasteiger charge is 2.49. The quantitative estimate of drug-likeness (QED) is 0.281. The molecule has 1 aliphatic carbocycles. The first kappa shape index (κ1) is 24.7. The zero-order chi connectivity index (χ0) is 26.1. The fourth-order valence-electron chi connectivity index (χ4n) is 6.96. The van der Waals surface area contributed by atoms with Crippen molar-refractivity contribution in [3.8, 4) is 5.88 Å². The molecule has 3 aromatic carbocycles. The molecule has 4 atom stereocenters. The van der Waals surface area contributed by atoms with Crippen LogP contribution < -0.4 is 15.8 Å². The second kappa shape index (κ2) is 10.3. The molecule has 2 aliphatic rings. The molecule has 1 amide bonds. The van der Waals surface area contributed by atoms with Crippen LogP contribution >= 0.6 is 0 Å². The van der Waals surface area contributed by atoms with Crippen molar-refractivity contribution in [1.29, 1.82) is 0 Å². The molecular formula is C33H37N3O2. The van der Waals surface area contributed by atoms with E-state index < -0.39 is 5.91 Å². The van der Waals surface area contributed by atoms with E-state index >= 15 is 0 Å². The van der Waals surface area contributed by atoms with E-state index in [1.807, 2.05) is 24.3 Å². The minimum atomic E-state index is -0.449. The zero-order valence-electron chi connectivity index (χ0n) is 22.1. The standard InChI is InChI=1S/C33H37N3O2/c1-2-26(20-23-12-5-3-6-13-23)38-32-29(31(34)37)27-17-9-10-18-28(27)36(32)30(25-15-7-4-8-16-25)33-19-11-14-24(21-33)22-35-33/h3-10,12-13,15-18,24,26,30,35H,2,11,14,19-22H2,1H3,(H2,34,37). The Bertz CT molecular complexity index is 1410. The average Bonchev–Trinajstić information content (AvgIpc) is 3.43. The van der Waals surface area contributed by atoms with Crippen molar-refractivity contribution in [2.45, 2.75) is 63.1 Å². The Morgan fingerprint density at radius 1 is 1.05 bits per heavy atom. The number of carbonyl (C=O) groups excluding carboxylic acids is 1. The molecular weight excluding hydrogens is 470 g/mol. The number of carbonyl (C=O) groups is 1. The third kappa shape index (κ3) is 4.39. The lowest BCUT2D eigenvalue weighted by Gasteiger charge is -2.42. The van der Waals surface area contributed by atoms with E-state index in [2.05, 4.69) is 77.5 Å². The number of ether oxygens (including phenoxy) is 1. The molecule has 1 aliphatic heterocycles. The summed E-state index contributed by atoms with van der Waals surface area (Å²) in [5.74, 6) is 0.827. The Morgan fingerprint density at radius 3 is 2.50 bits per heavy atom. The molecule has 0 spiro atoms. The first-order chi connectivity index (χ1) is 18.6. The van der Waals surface area contributed by atoms with E-state index in [4.69, 9.17) is 10.5 Å². The molecule has 38 heavy (non-hydrogen) atoms. The molecule has 196 valence electrons. The van der Waals surface area contributed by atoms with Gasteiger partial charge in [-0.2, -0.15) is 0 Å². The number of amides is 1. The van der Waals surface area contributed by atoms with Crippen molar-refractivity contribution < 1.29 is 9.53 Å². The van der Waals surface area contributed by atoms with Crippen molar-refractivity contribution in [3.05, 3.63) is 102 Å². The van der Waals surface area contributed by atoms with Gasteiger partial charge in [0.25, 0.3) is 5.91 Å². The fraction of sp³-hybridized carbons (Fsp3) is 0.364. The highest BCUT2D eigenvalue weighted by molar-refractivity contribution is 6.09. The summed E-state index contributed by atoms with van der Waals surface area (Å²) in [5, 5.41) is 4.83. The summed E-state index contributed by atoms with van der Waals surface area (Å²) in [4.78, 5) is 13.1. The lowest BCUT2D eigenvalue weighted by Crippen LogP contribution is -2.49. The third-order valence-electron chi connectivity index (χ3n) is 8.68. The largest absolute Gasteiger partial charge is 0.475 e. The van der Waals surface area contributed by atoms with Crippen LogP contribution in [-0.2, 0) is 6.42 Å².